The third kappa shape index (κ3) is 3.17. The molecule has 2 aromatic heterocycles. The van der Waals surface area contributed by atoms with Crippen LogP contribution >= 0.6 is 0 Å². The average Bonchev–Trinajstić information content (AvgIpc) is 3.50. The molecule has 0 radical (unpaired) electrons. The van der Waals surface area contributed by atoms with Gasteiger partial charge in [-0.15, -0.1) is 0 Å². The first-order chi connectivity index (χ1) is 15.4. The first kappa shape index (κ1) is 20.6. The molecule has 1 aliphatic rings. The van der Waals surface area contributed by atoms with Gasteiger partial charge in [0.15, 0.2) is 0 Å². The van der Waals surface area contributed by atoms with E-state index in [1.807, 2.05) is 18.3 Å². The molecule has 32 heavy (non-hydrogen) atoms. The maximum Gasteiger partial charge on any atom is 0.129 e. The number of rotatable bonds is 4. The SMILES string of the molecule is Cc1cc(-n2c(C(C)C)c([C@@H]3CCC(/C(O)=C\O)C3)c3cc4[nH]ncc4cc32)ccc1F. The Hall–Kier alpha value is -3.28. The molecular weight excluding hydrogens is 405 g/mol. The van der Waals surface area contributed by atoms with Crippen LogP contribution in [0.4, 0.5) is 4.39 Å². The summed E-state index contributed by atoms with van der Waals surface area (Å²) in [5, 5.41) is 28.9. The highest BCUT2D eigenvalue weighted by atomic mass is 19.1. The van der Waals surface area contributed by atoms with Crippen LogP contribution in [0.3, 0.4) is 0 Å². The molecule has 2 atom stereocenters. The van der Waals surface area contributed by atoms with E-state index in [1.54, 1.807) is 6.92 Å². The number of aromatic nitrogens is 3. The van der Waals surface area contributed by atoms with Crippen LogP contribution in [0.2, 0.25) is 0 Å². The van der Waals surface area contributed by atoms with Crippen molar-refractivity contribution in [3.05, 3.63) is 71.2 Å². The summed E-state index contributed by atoms with van der Waals surface area (Å²) in [7, 11) is 0. The van der Waals surface area contributed by atoms with Crippen molar-refractivity contribution in [1.29, 1.82) is 0 Å². The van der Waals surface area contributed by atoms with E-state index >= 15 is 0 Å². The topological polar surface area (TPSA) is 74.1 Å². The second-order valence-corrected chi connectivity index (χ2v) is 9.31. The lowest BCUT2D eigenvalue weighted by Gasteiger charge is -2.19. The Morgan fingerprint density at radius 2 is 2.06 bits per heavy atom. The standard InChI is InChI=1S/C26H28FN3O2/c1-14(2)26-25(17-5-4-16(9-17)24(32)13-31)20-11-22-18(12-28-29-22)10-23(20)30(26)19-6-7-21(27)15(3)8-19/h6-8,10-14,16-17,31-32H,4-5,9H2,1-3H3,(H,28,29)/b24-13+/t16?,17-/m1/s1. The third-order valence-corrected chi connectivity index (χ3v) is 6.94. The van der Waals surface area contributed by atoms with Crippen molar-refractivity contribution in [3.8, 4) is 5.69 Å². The average molecular weight is 434 g/mol. The molecule has 1 aliphatic carbocycles. The van der Waals surface area contributed by atoms with Gasteiger partial charge >= 0.3 is 0 Å². The molecule has 1 fully saturated rings. The Labute approximate surface area is 186 Å². The van der Waals surface area contributed by atoms with Gasteiger partial charge in [0.25, 0.3) is 0 Å². The first-order valence-electron chi connectivity index (χ1n) is 11.2. The first-order valence-corrected chi connectivity index (χ1v) is 11.2. The van der Waals surface area contributed by atoms with Crippen molar-refractivity contribution < 1.29 is 14.6 Å². The zero-order valence-electron chi connectivity index (χ0n) is 18.6. The molecule has 6 heteroatoms. The van der Waals surface area contributed by atoms with Crippen molar-refractivity contribution >= 4 is 21.8 Å². The molecule has 166 valence electrons. The fourth-order valence-electron chi connectivity index (χ4n) is 5.43. The summed E-state index contributed by atoms with van der Waals surface area (Å²) in [5.74, 6) is 0.309. The zero-order valence-corrected chi connectivity index (χ0v) is 18.6. The maximum absolute atomic E-state index is 14.1. The summed E-state index contributed by atoms with van der Waals surface area (Å²) in [6.07, 6.45) is 5.21. The van der Waals surface area contributed by atoms with E-state index < -0.39 is 0 Å². The van der Waals surface area contributed by atoms with E-state index in [0.29, 0.717) is 5.56 Å². The van der Waals surface area contributed by atoms with E-state index in [-0.39, 0.29) is 29.3 Å². The van der Waals surface area contributed by atoms with Gasteiger partial charge in [-0.3, -0.25) is 5.10 Å². The number of H-pyrrole nitrogens is 1. The molecular formula is C26H28FN3O2. The minimum absolute atomic E-state index is 0.0348. The van der Waals surface area contributed by atoms with E-state index in [9.17, 15) is 14.6 Å². The summed E-state index contributed by atoms with van der Waals surface area (Å²) in [6, 6.07) is 9.60. The number of nitrogens with zero attached hydrogens (tertiary/aromatic N) is 2. The summed E-state index contributed by atoms with van der Waals surface area (Å²) in [6.45, 7) is 6.17. The van der Waals surface area contributed by atoms with Crippen LogP contribution in [0.1, 0.15) is 61.8 Å². The van der Waals surface area contributed by atoms with Crippen molar-refractivity contribution in [1.82, 2.24) is 14.8 Å². The molecule has 1 unspecified atom stereocenters. The quantitative estimate of drug-likeness (QED) is 0.306. The number of benzene rings is 2. The highest BCUT2D eigenvalue weighted by Crippen LogP contribution is 2.48. The van der Waals surface area contributed by atoms with Gasteiger partial charge < -0.3 is 14.8 Å². The van der Waals surface area contributed by atoms with Crippen LogP contribution in [0.15, 0.2) is 48.5 Å². The van der Waals surface area contributed by atoms with Crippen LogP contribution in [0.25, 0.3) is 27.5 Å². The highest BCUT2D eigenvalue weighted by molar-refractivity contribution is 5.99. The molecule has 0 amide bonds. The van der Waals surface area contributed by atoms with E-state index in [1.165, 1.54) is 17.3 Å². The smallest absolute Gasteiger partial charge is 0.129 e. The van der Waals surface area contributed by atoms with Gasteiger partial charge in [-0.2, -0.15) is 5.10 Å². The maximum atomic E-state index is 14.1. The largest absolute Gasteiger partial charge is 0.512 e. The number of hydrogen-bond donors (Lipinski definition) is 3. The van der Waals surface area contributed by atoms with Gasteiger partial charge in [-0.25, -0.2) is 4.39 Å². The zero-order chi connectivity index (χ0) is 22.6. The van der Waals surface area contributed by atoms with Gasteiger partial charge in [0.1, 0.15) is 17.8 Å². The molecule has 2 aromatic carbocycles. The molecule has 0 spiro atoms. The predicted molar refractivity (Wildman–Crippen MR) is 125 cm³/mol. The number of aliphatic hydroxyl groups excluding tert-OH is 2. The van der Waals surface area contributed by atoms with Crippen LogP contribution in [-0.4, -0.2) is 25.0 Å². The van der Waals surface area contributed by atoms with Crippen molar-refractivity contribution in [3.63, 3.8) is 0 Å². The Bertz CT molecular complexity index is 1350. The fourth-order valence-corrected chi connectivity index (χ4v) is 5.43. The number of halogens is 1. The molecule has 0 aliphatic heterocycles. The van der Waals surface area contributed by atoms with Crippen LogP contribution in [0, 0.1) is 18.7 Å². The number of nitrogens with one attached hydrogen (secondary N) is 1. The molecule has 4 aromatic rings. The Morgan fingerprint density at radius 1 is 1.25 bits per heavy atom. The third-order valence-electron chi connectivity index (χ3n) is 6.94. The molecule has 1 saturated carbocycles. The minimum atomic E-state index is -0.210. The second-order valence-electron chi connectivity index (χ2n) is 9.31. The number of aliphatic hydroxyl groups is 2. The van der Waals surface area contributed by atoms with Gasteiger partial charge in [0.05, 0.1) is 17.2 Å². The molecule has 5 nitrogen and oxygen atoms in total. The van der Waals surface area contributed by atoms with Crippen molar-refractivity contribution in [2.45, 2.75) is 51.9 Å². The number of aromatic amines is 1. The second kappa shape index (κ2) is 7.69. The monoisotopic (exact) mass is 433 g/mol. The van der Waals surface area contributed by atoms with Gasteiger partial charge in [0, 0.05) is 28.1 Å². The van der Waals surface area contributed by atoms with Gasteiger partial charge in [0.2, 0.25) is 0 Å². The predicted octanol–water partition coefficient (Wildman–Crippen LogP) is 6.92. The highest BCUT2D eigenvalue weighted by Gasteiger charge is 2.34. The van der Waals surface area contributed by atoms with E-state index in [4.69, 9.17) is 0 Å². The number of aryl methyl sites for hydroxylation is 1. The van der Waals surface area contributed by atoms with Gasteiger partial charge in [-0.1, -0.05) is 13.8 Å². The molecule has 2 heterocycles. The van der Waals surface area contributed by atoms with Crippen LogP contribution < -0.4 is 0 Å². The minimum Gasteiger partial charge on any atom is -0.512 e. The van der Waals surface area contributed by atoms with Gasteiger partial charge in [-0.05, 0) is 79.5 Å². The molecule has 0 bridgehead atoms. The number of fused-ring (bicyclic) bond motifs is 2. The summed E-state index contributed by atoms with van der Waals surface area (Å²) in [5.41, 5.74) is 6.11. The van der Waals surface area contributed by atoms with Crippen LogP contribution in [0.5, 0.6) is 0 Å². The van der Waals surface area contributed by atoms with Crippen molar-refractivity contribution in [2.24, 2.45) is 5.92 Å². The Kier molecular flexibility index (Phi) is 4.96. The summed E-state index contributed by atoms with van der Waals surface area (Å²) < 4.78 is 16.4. The van der Waals surface area contributed by atoms with E-state index in [2.05, 4.69) is 40.7 Å². The normalized spacial score (nSPS) is 19.6. The van der Waals surface area contributed by atoms with Crippen LogP contribution in [-0.2, 0) is 0 Å². The lowest BCUT2D eigenvalue weighted by atomic mass is 9.89. The summed E-state index contributed by atoms with van der Waals surface area (Å²) in [4.78, 5) is 0. The Morgan fingerprint density at radius 3 is 2.78 bits per heavy atom. The lowest BCUT2D eigenvalue weighted by Crippen LogP contribution is -2.07. The van der Waals surface area contributed by atoms with E-state index in [0.717, 1.165) is 53.0 Å². The fraction of sp³-hybridized carbons (Fsp3) is 0.346. The Balaban J connectivity index is 1.81. The molecule has 3 N–H and O–H groups in total. The number of hydrogen-bond acceptors (Lipinski definition) is 3. The summed E-state index contributed by atoms with van der Waals surface area (Å²) >= 11 is 0. The number of allylic oxidation sites excluding steroid dienone is 1. The molecule has 5 rings (SSSR count). The molecule has 0 saturated heterocycles. The van der Waals surface area contributed by atoms with Crippen molar-refractivity contribution in [2.75, 3.05) is 0 Å². The lowest BCUT2D eigenvalue weighted by molar-refractivity contribution is 0.298.